The van der Waals surface area contributed by atoms with Crippen LogP contribution in [0.15, 0.2) is 0 Å². The number of thiol groups is 1. The number of cyclic esters (lactones) is 1. The van der Waals surface area contributed by atoms with E-state index in [0.29, 0.717) is 12.5 Å². The normalized spacial score (nSPS) is 22.2. The summed E-state index contributed by atoms with van der Waals surface area (Å²) in [6.45, 7) is 8.28. The monoisotopic (exact) mass is 259 g/mol. The van der Waals surface area contributed by atoms with E-state index in [2.05, 4.69) is 12.6 Å². The van der Waals surface area contributed by atoms with Crippen molar-refractivity contribution in [1.29, 1.82) is 0 Å². The van der Waals surface area contributed by atoms with Crippen LogP contribution < -0.4 is 0 Å². The minimum atomic E-state index is -0.516. The van der Waals surface area contributed by atoms with Gasteiger partial charge in [-0.05, 0) is 11.8 Å². The second-order valence-corrected chi connectivity index (χ2v) is 5.83. The third-order valence-electron chi connectivity index (χ3n) is 3.10. The van der Waals surface area contributed by atoms with Gasteiger partial charge in [0.2, 0.25) is 5.91 Å². The molecule has 0 aliphatic carbocycles. The van der Waals surface area contributed by atoms with Crippen molar-refractivity contribution in [3.63, 3.8) is 0 Å². The molecule has 0 saturated carbocycles. The van der Waals surface area contributed by atoms with Crippen molar-refractivity contribution < 1.29 is 14.3 Å². The molecule has 2 amide bonds. The van der Waals surface area contributed by atoms with Crippen molar-refractivity contribution in [2.75, 3.05) is 6.61 Å². The summed E-state index contributed by atoms with van der Waals surface area (Å²) in [5.74, 6) is 0.334. The van der Waals surface area contributed by atoms with E-state index in [1.807, 2.05) is 27.7 Å². The third-order valence-corrected chi connectivity index (χ3v) is 3.88. The Balaban J connectivity index is 2.69. The summed E-state index contributed by atoms with van der Waals surface area (Å²) in [5.41, 5.74) is 0. The van der Waals surface area contributed by atoms with E-state index < -0.39 is 6.09 Å². The lowest BCUT2D eigenvalue weighted by Gasteiger charge is -2.24. The summed E-state index contributed by atoms with van der Waals surface area (Å²) in [6, 6.07) is -0.136. The molecule has 17 heavy (non-hydrogen) atoms. The Bertz CT molecular complexity index is 304. The third kappa shape index (κ3) is 3.37. The molecule has 1 aliphatic rings. The smallest absolute Gasteiger partial charge is 0.416 e. The van der Waals surface area contributed by atoms with Crippen molar-refractivity contribution in [2.24, 2.45) is 11.8 Å². The van der Waals surface area contributed by atoms with Crippen LogP contribution in [0, 0.1) is 11.8 Å². The lowest BCUT2D eigenvalue weighted by Crippen LogP contribution is -2.42. The molecule has 0 unspecified atom stereocenters. The predicted octanol–water partition coefficient (Wildman–Crippen LogP) is 2.33. The molecule has 1 heterocycles. The lowest BCUT2D eigenvalue weighted by molar-refractivity contribution is -0.129. The van der Waals surface area contributed by atoms with Gasteiger partial charge in [-0.2, -0.15) is 12.6 Å². The van der Waals surface area contributed by atoms with E-state index in [0.717, 1.165) is 0 Å². The molecule has 2 atom stereocenters. The summed E-state index contributed by atoms with van der Waals surface area (Å²) in [6.07, 6.45) is -0.239. The molecule has 0 aromatic carbocycles. The van der Waals surface area contributed by atoms with Gasteiger partial charge in [0.05, 0.1) is 6.04 Å². The van der Waals surface area contributed by atoms with Crippen LogP contribution in [0.3, 0.4) is 0 Å². The molecule has 0 aromatic heterocycles. The molecule has 1 aliphatic heterocycles. The lowest BCUT2D eigenvalue weighted by atomic mass is 10.0. The number of carbonyl (C=O) groups is 2. The fourth-order valence-electron chi connectivity index (χ4n) is 1.73. The topological polar surface area (TPSA) is 46.6 Å². The number of imide groups is 1. The first kappa shape index (κ1) is 14.4. The van der Waals surface area contributed by atoms with Gasteiger partial charge in [0.1, 0.15) is 6.61 Å². The van der Waals surface area contributed by atoms with E-state index in [1.165, 1.54) is 4.90 Å². The van der Waals surface area contributed by atoms with Crippen LogP contribution in [0.25, 0.3) is 0 Å². The zero-order valence-electron chi connectivity index (χ0n) is 10.8. The standard InChI is InChI=1S/C12H21NO3S/c1-7(2)9-6-16-12(15)13(9)11(14)5-10(17)8(3)4/h7-10,17H,5-6H2,1-4H3/t9-,10-/m1/s1. The minimum absolute atomic E-state index is 0.0243. The number of carbonyl (C=O) groups excluding carboxylic acids is 2. The molecule has 1 fully saturated rings. The molecule has 5 heteroatoms. The van der Waals surface area contributed by atoms with Crippen molar-refractivity contribution >= 4 is 24.6 Å². The molecule has 1 rings (SSSR count). The maximum Gasteiger partial charge on any atom is 0.416 e. The molecular weight excluding hydrogens is 238 g/mol. The Labute approximate surface area is 108 Å². The number of nitrogens with zero attached hydrogens (tertiary/aromatic N) is 1. The van der Waals surface area contributed by atoms with Gasteiger partial charge in [-0.1, -0.05) is 27.7 Å². The average Bonchev–Trinajstić information content (AvgIpc) is 2.59. The van der Waals surface area contributed by atoms with Gasteiger partial charge < -0.3 is 4.74 Å². The average molecular weight is 259 g/mol. The van der Waals surface area contributed by atoms with Crippen molar-refractivity contribution in [2.45, 2.75) is 45.4 Å². The molecule has 0 bridgehead atoms. The maximum atomic E-state index is 12.1. The van der Waals surface area contributed by atoms with Crippen LogP contribution in [-0.4, -0.2) is 34.8 Å². The molecule has 98 valence electrons. The molecule has 0 N–H and O–H groups in total. The molecule has 1 saturated heterocycles. The number of amides is 2. The quantitative estimate of drug-likeness (QED) is 0.788. The Morgan fingerprint density at radius 2 is 2.06 bits per heavy atom. The summed E-state index contributed by atoms with van der Waals surface area (Å²) >= 11 is 4.37. The number of rotatable bonds is 4. The van der Waals surface area contributed by atoms with Crippen LogP contribution in [0.2, 0.25) is 0 Å². The number of hydrogen-bond donors (Lipinski definition) is 1. The molecule has 0 radical (unpaired) electrons. The molecule has 0 spiro atoms. The van der Waals surface area contributed by atoms with E-state index in [4.69, 9.17) is 4.74 Å². The molecular formula is C12H21NO3S. The second-order valence-electron chi connectivity index (χ2n) is 5.17. The van der Waals surface area contributed by atoms with Crippen LogP contribution in [-0.2, 0) is 9.53 Å². The highest BCUT2D eigenvalue weighted by Crippen LogP contribution is 2.23. The summed E-state index contributed by atoms with van der Waals surface area (Å²) in [5, 5.41) is -0.0243. The van der Waals surface area contributed by atoms with Gasteiger partial charge in [-0.15, -0.1) is 0 Å². The second kappa shape index (κ2) is 5.76. The van der Waals surface area contributed by atoms with Crippen molar-refractivity contribution in [3.8, 4) is 0 Å². The highest BCUT2D eigenvalue weighted by Gasteiger charge is 2.39. The highest BCUT2D eigenvalue weighted by atomic mass is 32.1. The van der Waals surface area contributed by atoms with E-state index in [9.17, 15) is 9.59 Å². The van der Waals surface area contributed by atoms with E-state index in [-0.39, 0.29) is 29.5 Å². The van der Waals surface area contributed by atoms with Gasteiger partial charge in [-0.25, -0.2) is 9.69 Å². The number of hydrogen-bond acceptors (Lipinski definition) is 4. The maximum absolute atomic E-state index is 12.1. The largest absolute Gasteiger partial charge is 0.447 e. The van der Waals surface area contributed by atoms with Gasteiger partial charge in [-0.3, -0.25) is 4.79 Å². The first-order chi connectivity index (χ1) is 7.84. The van der Waals surface area contributed by atoms with Crippen molar-refractivity contribution in [1.82, 2.24) is 4.90 Å². The van der Waals surface area contributed by atoms with Crippen LogP contribution in [0.1, 0.15) is 34.1 Å². The van der Waals surface area contributed by atoms with Gasteiger partial charge >= 0.3 is 6.09 Å². The SMILES string of the molecule is CC(C)[C@H](S)CC(=O)N1C(=O)OC[C@@H]1C(C)C. The van der Waals surface area contributed by atoms with E-state index >= 15 is 0 Å². The van der Waals surface area contributed by atoms with Gasteiger partial charge in [0.15, 0.2) is 0 Å². The fourth-order valence-corrected chi connectivity index (χ4v) is 1.88. The summed E-state index contributed by atoms with van der Waals surface area (Å²) in [4.78, 5) is 24.9. The van der Waals surface area contributed by atoms with Gasteiger partial charge in [0, 0.05) is 11.7 Å². The fraction of sp³-hybridized carbons (Fsp3) is 0.833. The highest BCUT2D eigenvalue weighted by molar-refractivity contribution is 7.81. The molecule has 4 nitrogen and oxygen atoms in total. The first-order valence-corrected chi connectivity index (χ1v) is 6.53. The Kier molecular flexibility index (Phi) is 4.86. The van der Waals surface area contributed by atoms with Crippen LogP contribution >= 0.6 is 12.6 Å². The first-order valence-electron chi connectivity index (χ1n) is 6.01. The number of ether oxygens (including phenoxy) is 1. The van der Waals surface area contributed by atoms with Crippen LogP contribution in [0.4, 0.5) is 4.79 Å². The summed E-state index contributed by atoms with van der Waals surface area (Å²) < 4.78 is 4.94. The Hall–Kier alpha value is -0.710. The Morgan fingerprint density at radius 3 is 2.53 bits per heavy atom. The zero-order valence-corrected chi connectivity index (χ0v) is 11.7. The van der Waals surface area contributed by atoms with Gasteiger partial charge in [0.25, 0.3) is 0 Å². The van der Waals surface area contributed by atoms with Crippen molar-refractivity contribution in [3.05, 3.63) is 0 Å². The molecule has 0 aromatic rings. The summed E-state index contributed by atoms with van der Waals surface area (Å²) in [7, 11) is 0. The van der Waals surface area contributed by atoms with E-state index in [1.54, 1.807) is 0 Å². The zero-order chi connectivity index (χ0) is 13.2. The predicted molar refractivity (Wildman–Crippen MR) is 69.0 cm³/mol. The van der Waals surface area contributed by atoms with Crippen LogP contribution in [0.5, 0.6) is 0 Å². The Morgan fingerprint density at radius 1 is 1.47 bits per heavy atom. The minimum Gasteiger partial charge on any atom is -0.447 e.